The van der Waals surface area contributed by atoms with Gasteiger partial charge in [-0.05, 0) is 36.4 Å². The van der Waals surface area contributed by atoms with E-state index in [1.807, 2.05) is 0 Å². The summed E-state index contributed by atoms with van der Waals surface area (Å²) in [7, 11) is 1.27. The normalized spacial score (nSPS) is 16.4. The van der Waals surface area contributed by atoms with Crippen molar-refractivity contribution in [2.75, 3.05) is 12.0 Å². The van der Waals surface area contributed by atoms with Crippen LogP contribution >= 0.6 is 23.4 Å². The number of benzene rings is 2. The summed E-state index contributed by atoms with van der Waals surface area (Å²) < 4.78 is 4.64. The van der Waals surface area contributed by atoms with Crippen molar-refractivity contribution in [3.8, 4) is 6.19 Å². The Bertz CT molecular complexity index is 1070. The molecule has 0 bridgehead atoms. The van der Waals surface area contributed by atoms with Gasteiger partial charge < -0.3 is 4.74 Å². The molecular weight excluding hydrogens is 428 g/mol. The fraction of sp³-hybridized carbons (Fsp3) is 0.150. The Labute approximate surface area is 181 Å². The summed E-state index contributed by atoms with van der Waals surface area (Å²) >= 11 is 7.07. The lowest BCUT2D eigenvalue weighted by molar-refractivity contribution is -0.121. The lowest BCUT2D eigenvalue weighted by Crippen LogP contribution is -2.32. The highest BCUT2D eigenvalue weighted by atomic mass is 35.5. The Hall–Kier alpha value is -3.35. The number of aliphatic imine (C=N–C) groups is 1. The first-order chi connectivity index (χ1) is 14.4. The van der Waals surface area contributed by atoms with E-state index in [4.69, 9.17) is 16.9 Å². The summed E-state index contributed by atoms with van der Waals surface area (Å²) in [6, 6.07) is 12.8. The first kappa shape index (κ1) is 21.4. The number of halogens is 1. The van der Waals surface area contributed by atoms with E-state index in [1.54, 1.807) is 30.5 Å². The summed E-state index contributed by atoms with van der Waals surface area (Å²) in [6.45, 7) is 0. The molecule has 1 atom stereocenters. The molecule has 10 heteroatoms. The van der Waals surface area contributed by atoms with Crippen molar-refractivity contribution < 1.29 is 19.1 Å². The molecule has 1 N–H and O–H groups in total. The predicted octanol–water partition coefficient (Wildman–Crippen LogP) is 3.25. The number of esters is 1. The molecule has 0 radical (unpaired) electrons. The smallest absolute Gasteiger partial charge is 0.337 e. The molecular formula is C20H15ClN4O4S. The summed E-state index contributed by atoms with van der Waals surface area (Å²) in [6.07, 6.45) is 1.72. The zero-order valence-corrected chi connectivity index (χ0v) is 17.2. The number of nitrogens with one attached hydrogen (secondary N) is 1. The summed E-state index contributed by atoms with van der Waals surface area (Å²) in [4.78, 5) is 42.2. The van der Waals surface area contributed by atoms with E-state index in [0.717, 1.165) is 16.7 Å². The maximum absolute atomic E-state index is 12.9. The quantitative estimate of drug-likeness (QED) is 0.193. The van der Waals surface area contributed by atoms with Gasteiger partial charge in [0.2, 0.25) is 11.8 Å². The molecule has 30 heavy (non-hydrogen) atoms. The number of nitriles is 1. The molecule has 0 spiro atoms. The number of anilines is 1. The van der Waals surface area contributed by atoms with Crippen molar-refractivity contribution >= 4 is 57.7 Å². The maximum atomic E-state index is 12.9. The largest absolute Gasteiger partial charge is 0.465 e. The number of amides is 2. The summed E-state index contributed by atoms with van der Waals surface area (Å²) in [5.41, 5.74) is 1.08. The van der Waals surface area contributed by atoms with Crippen LogP contribution in [0.25, 0.3) is 0 Å². The van der Waals surface area contributed by atoms with Crippen LogP contribution in [0.2, 0.25) is 5.02 Å². The highest BCUT2D eigenvalue weighted by Crippen LogP contribution is 2.32. The van der Waals surface area contributed by atoms with E-state index in [0.29, 0.717) is 22.0 Å². The standard InChI is InChI=1S/C20H15ClN4O4S/c1-29-19(28)12-6-8-13(9-7-12)25-17(26)10-16(18(25)27)30-20(23-11-22)24-15-5-3-2-4-14(15)21/h2-9,16H,10H2,1H3,(H,23,24)/t16-/m0/s1. The average Bonchev–Trinajstić information content (AvgIpc) is 3.02. The van der Waals surface area contributed by atoms with E-state index in [1.165, 1.54) is 31.4 Å². The van der Waals surface area contributed by atoms with Crippen LogP contribution < -0.4 is 10.2 Å². The van der Waals surface area contributed by atoms with Crippen molar-refractivity contribution in [2.24, 2.45) is 4.99 Å². The lowest BCUT2D eigenvalue weighted by Gasteiger charge is -2.15. The van der Waals surface area contributed by atoms with Gasteiger partial charge in [0.1, 0.15) is 5.25 Å². The minimum Gasteiger partial charge on any atom is -0.465 e. The van der Waals surface area contributed by atoms with E-state index >= 15 is 0 Å². The molecule has 2 amide bonds. The second-order valence-electron chi connectivity index (χ2n) is 6.02. The number of carbonyl (C=O) groups excluding carboxylic acids is 3. The van der Waals surface area contributed by atoms with Crippen LogP contribution in [0.1, 0.15) is 16.8 Å². The number of rotatable bonds is 4. The average molecular weight is 443 g/mol. The molecule has 1 fully saturated rings. The minimum atomic E-state index is -0.764. The molecule has 0 aliphatic carbocycles. The van der Waals surface area contributed by atoms with Gasteiger partial charge in [0.05, 0.1) is 29.1 Å². The Morgan fingerprint density at radius 3 is 2.60 bits per heavy atom. The number of para-hydroxylation sites is 1. The molecule has 8 nitrogen and oxygen atoms in total. The van der Waals surface area contributed by atoms with E-state index in [9.17, 15) is 14.4 Å². The second kappa shape index (κ2) is 9.43. The monoisotopic (exact) mass is 442 g/mol. The topological polar surface area (TPSA) is 112 Å². The van der Waals surface area contributed by atoms with Gasteiger partial charge in [-0.25, -0.2) is 14.7 Å². The van der Waals surface area contributed by atoms with Crippen LogP contribution in [-0.2, 0) is 14.3 Å². The molecule has 3 rings (SSSR count). The van der Waals surface area contributed by atoms with Gasteiger partial charge in [-0.2, -0.15) is 5.26 Å². The molecule has 152 valence electrons. The highest BCUT2D eigenvalue weighted by molar-refractivity contribution is 8.15. The fourth-order valence-electron chi connectivity index (χ4n) is 2.75. The molecule has 0 saturated carbocycles. The number of carbonyl (C=O) groups is 3. The van der Waals surface area contributed by atoms with Crippen molar-refractivity contribution in [1.29, 1.82) is 5.26 Å². The summed E-state index contributed by atoms with van der Waals surface area (Å²) in [5, 5.41) is 11.2. The van der Waals surface area contributed by atoms with Crippen LogP contribution in [0.4, 0.5) is 11.4 Å². The zero-order valence-electron chi connectivity index (χ0n) is 15.7. The van der Waals surface area contributed by atoms with Crippen LogP contribution in [0, 0.1) is 11.5 Å². The molecule has 1 aliphatic rings. The Kier molecular flexibility index (Phi) is 6.72. The van der Waals surface area contributed by atoms with E-state index in [-0.39, 0.29) is 11.6 Å². The minimum absolute atomic E-state index is 0.0586. The molecule has 1 heterocycles. The van der Waals surface area contributed by atoms with Gasteiger partial charge in [0.25, 0.3) is 0 Å². The zero-order chi connectivity index (χ0) is 21.7. The highest BCUT2D eigenvalue weighted by Gasteiger charge is 2.41. The van der Waals surface area contributed by atoms with E-state index in [2.05, 4.69) is 15.0 Å². The van der Waals surface area contributed by atoms with Crippen molar-refractivity contribution in [3.63, 3.8) is 0 Å². The van der Waals surface area contributed by atoms with Gasteiger partial charge in [-0.3, -0.25) is 14.9 Å². The second-order valence-corrected chi connectivity index (χ2v) is 7.62. The number of hydrogen-bond donors (Lipinski definition) is 1. The SMILES string of the molecule is COC(=O)c1ccc(N2C(=O)C[C@H](SC(=Nc3ccccc3Cl)NC#N)C2=O)cc1. The van der Waals surface area contributed by atoms with Gasteiger partial charge >= 0.3 is 5.97 Å². The van der Waals surface area contributed by atoms with Gasteiger partial charge in [0, 0.05) is 6.42 Å². The Morgan fingerprint density at radius 1 is 1.27 bits per heavy atom. The summed E-state index contributed by atoms with van der Waals surface area (Å²) in [5.74, 6) is -1.35. The Balaban J connectivity index is 1.80. The molecule has 2 aromatic rings. The predicted molar refractivity (Wildman–Crippen MR) is 114 cm³/mol. The van der Waals surface area contributed by atoms with Crippen LogP contribution in [0.3, 0.4) is 0 Å². The molecule has 1 aliphatic heterocycles. The number of ether oxygens (including phenoxy) is 1. The number of amidine groups is 1. The number of thioether (sulfide) groups is 1. The molecule has 0 unspecified atom stereocenters. The molecule has 2 aromatic carbocycles. The van der Waals surface area contributed by atoms with Crippen molar-refractivity contribution in [3.05, 3.63) is 59.1 Å². The van der Waals surface area contributed by atoms with Crippen LogP contribution in [0.5, 0.6) is 0 Å². The lowest BCUT2D eigenvalue weighted by atomic mass is 10.2. The third kappa shape index (κ3) is 4.62. The molecule has 1 saturated heterocycles. The van der Waals surface area contributed by atoms with Crippen molar-refractivity contribution in [1.82, 2.24) is 5.32 Å². The Morgan fingerprint density at radius 2 is 1.97 bits per heavy atom. The number of nitrogens with zero attached hydrogens (tertiary/aromatic N) is 3. The van der Waals surface area contributed by atoms with Gasteiger partial charge in [0.15, 0.2) is 11.4 Å². The third-order valence-electron chi connectivity index (χ3n) is 4.14. The van der Waals surface area contributed by atoms with Gasteiger partial charge in [-0.1, -0.05) is 35.5 Å². The van der Waals surface area contributed by atoms with Crippen molar-refractivity contribution in [2.45, 2.75) is 11.7 Å². The maximum Gasteiger partial charge on any atom is 0.337 e. The van der Waals surface area contributed by atoms with Crippen LogP contribution in [0.15, 0.2) is 53.5 Å². The number of imide groups is 1. The first-order valence-electron chi connectivity index (χ1n) is 8.64. The van der Waals surface area contributed by atoms with Gasteiger partial charge in [-0.15, -0.1) is 0 Å². The third-order valence-corrected chi connectivity index (χ3v) is 5.53. The molecule has 0 aromatic heterocycles. The fourth-order valence-corrected chi connectivity index (χ4v) is 3.89. The number of methoxy groups -OCH3 is 1. The van der Waals surface area contributed by atoms with E-state index < -0.39 is 23.0 Å². The first-order valence-corrected chi connectivity index (χ1v) is 9.90. The van der Waals surface area contributed by atoms with Crippen LogP contribution in [-0.4, -0.2) is 35.3 Å². The number of hydrogen-bond acceptors (Lipinski definition) is 7.